The zero-order valence-corrected chi connectivity index (χ0v) is 17.7. The fraction of sp³-hybridized carbons (Fsp3) is 0.455. The van der Waals surface area contributed by atoms with E-state index in [0.717, 1.165) is 11.3 Å². The van der Waals surface area contributed by atoms with Gasteiger partial charge in [-0.3, -0.25) is 14.9 Å². The first-order chi connectivity index (χ1) is 13.6. The number of aliphatic carboxylic acids is 1. The Morgan fingerprint density at radius 2 is 2.03 bits per heavy atom. The van der Waals surface area contributed by atoms with Gasteiger partial charge in [-0.1, -0.05) is 38.4 Å². The first-order valence-electron chi connectivity index (χ1n) is 9.77. The summed E-state index contributed by atoms with van der Waals surface area (Å²) in [5.41, 5.74) is 1.14. The van der Waals surface area contributed by atoms with E-state index in [1.54, 1.807) is 12.1 Å². The number of fused-ring (bicyclic) bond motifs is 2. The third kappa shape index (κ3) is 2.97. The summed E-state index contributed by atoms with van der Waals surface area (Å²) in [6.07, 6.45) is 2.53. The predicted octanol–water partition coefficient (Wildman–Crippen LogP) is 3.51. The van der Waals surface area contributed by atoms with Crippen LogP contribution in [0.2, 0.25) is 5.02 Å². The van der Waals surface area contributed by atoms with E-state index >= 15 is 0 Å². The molecule has 1 saturated heterocycles. The van der Waals surface area contributed by atoms with Crippen molar-refractivity contribution in [2.24, 2.45) is 12.5 Å². The van der Waals surface area contributed by atoms with Crippen LogP contribution in [-0.2, 0) is 22.1 Å². The molecule has 0 saturated carbocycles. The van der Waals surface area contributed by atoms with E-state index in [-0.39, 0.29) is 17.4 Å². The van der Waals surface area contributed by atoms with Gasteiger partial charge in [0.1, 0.15) is 11.5 Å². The van der Waals surface area contributed by atoms with Gasteiger partial charge in [-0.05, 0) is 41.7 Å². The number of aromatic nitrogens is 1. The van der Waals surface area contributed by atoms with Crippen molar-refractivity contribution in [1.82, 2.24) is 9.88 Å². The van der Waals surface area contributed by atoms with E-state index < -0.39 is 23.3 Å². The maximum absolute atomic E-state index is 13.7. The molecule has 1 spiro atoms. The number of amides is 1. The van der Waals surface area contributed by atoms with Gasteiger partial charge in [-0.25, -0.2) is 0 Å². The summed E-state index contributed by atoms with van der Waals surface area (Å²) in [5, 5.41) is 16.9. The minimum absolute atomic E-state index is 0.105. The van der Waals surface area contributed by atoms with Crippen molar-refractivity contribution in [2.45, 2.75) is 50.6 Å². The summed E-state index contributed by atoms with van der Waals surface area (Å²) in [5.74, 6) is -1.69. The number of nitrogens with one attached hydrogen (secondary N) is 2. The Balaban J connectivity index is 2.00. The summed E-state index contributed by atoms with van der Waals surface area (Å²) in [6.45, 7) is 6.30. The van der Waals surface area contributed by atoms with Crippen molar-refractivity contribution in [3.63, 3.8) is 0 Å². The van der Waals surface area contributed by atoms with E-state index in [0.29, 0.717) is 17.1 Å². The second-order valence-electron chi connectivity index (χ2n) is 9.33. The lowest BCUT2D eigenvalue weighted by Gasteiger charge is -2.37. The number of nitrogens with zero attached hydrogens (tertiary/aromatic N) is 1. The smallest absolute Gasteiger partial charge is 0.321 e. The molecule has 4 rings (SSSR count). The Morgan fingerprint density at radius 3 is 2.62 bits per heavy atom. The van der Waals surface area contributed by atoms with E-state index in [9.17, 15) is 14.7 Å². The van der Waals surface area contributed by atoms with Crippen molar-refractivity contribution < 1.29 is 14.7 Å². The minimum atomic E-state index is -1.04. The Kier molecular flexibility index (Phi) is 4.55. The largest absolute Gasteiger partial charge is 0.480 e. The van der Waals surface area contributed by atoms with Crippen LogP contribution in [0.5, 0.6) is 0 Å². The van der Waals surface area contributed by atoms with Crippen LogP contribution in [0.25, 0.3) is 0 Å². The lowest BCUT2D eigenvalue weighted by Crippen LogP contribution is -2.49. The summed E-state index contributed by atoms with van der Waals surface area (Å²) in [4.78, 5) is 26.0. The number of carboxylic acids is 1. The molecule has 2 aliphatic heterocycles. The quantitative estimate of drug-likeness (QED) is 0.716. The number of aryl methyl sites for hydroxylation is 1. The second kappa shape index (κ2) is 6.61. The van der Waals surface area contributed by atoms with E-state index in [1.165, 1.54) is 0 Å². The number of carboxylic acid groups (broad SMARTS) is 1. The van der Waals surface area contributed by atoms with Gasteiger partial charge in [0.25, 0.3) is 0 Å². The first-order valence-corrected chi connectivity index (χ1v) is 10.1. The van der Waals surface area contributed by atoms with Gasteiger partial charge in [0, 0.05) is 41.6 Å². The molecule has 0 bridgehead atoms. The van der Waals surface area contributed by atoms with E-state index in [1.807, 2.05) is 36.0 Å². The predicted molar refractivity (Wildman–Crippen MR) is 112 cm³/mol. The number of rotatable bonds is 3. The molecule has 1 amide bonds. The van der Waals surface area contributed by atoms with Crippen LogP contribution in [0.1, 0.15) is 44.4 Å². The number of hydrogen-bond acceptors (Lipinski definition) is 3. The summed E-state index contributed by atoms with van der Waals surface area (Å²) < 4.78 is 1.91. The van der Waals surface area contributed by atoms with Crippen LogP contribution in [-0.4, -0.2) is 33.6 Å². The fourth-order valence-corrected chi connectivity index (χ4v) is 5.33. The number of hydrogen-bond donors (Lipinski definition) is 3. The third-order valence-electron chi connectivity index (χ3n) is 6.19. The molecule has 2 aromatic rings. The van der Waals surface area contributed by atoms with Crippen LogP contribution in [0.4, 0.5) is 5.69 Å². The van der Waals surface area contributed by atoms with Gasteiger partial charge < -0.3 is 15.0 Å². The molecule has 1 aromatic heterocycles. The Hall–Kier alpha value is -2.31. The zero-order valence-electron chi connectivity index (χ0n) is 17.0. The molecule has 7 heteroatoms. The van der Waals surface area contributed by atoms with Crippen LogP contribution >= 0.6 is 11.6 Å². The van der Waals surface area contributed by atoms with Crippen LogP contribution < -0.4 is 10.6 Å². The fourth-order valence-electron chi connectivity index (χ4n) is 5.16. The normalized spacial score (nSPS) is 28.6. The van der Waals surface area contributed by atoms with Gasteiger partial charge in [0.2, 0.25) is 5.91 Å². The monoisotopic (exact) mass is 415 g/mol. The molecule has 0 radical (unpaired) electrons. The average molecular weight is 416 g/mol. The number of halogens is 1. The molecular weight excluding hydrogens is 390 g/mol. The average Bonchev–Trinajstić information content (AvgIpc) is 3.23. The highest BCUT2D eigenvalue weighted by atomic mass is 35.5. The second-order valence-corrected chi connectivity index (χ2v) is 9.77. The van der Waals surface area contributed by atoms with Crippen LogP contribution in [0.3, 0.4) is 0 Å². The van der Waals surface area contributed by atoms with Crippen LogP contribution in [0.15, 0.2) is 36.5 Å². The van der Waals surface area contributed by atoms with Crippen LogP contribution in [0, 0.1) is 5.41 Å². The number of anilines is 1. The molecule has 0 aliphatic carbocycles. The summed E-state index contributed by atoms with van der Waals surface area (Å²) in [6, 6.07) is 7.95. The van der Waals surface area contributed by atoms with Crippen molar-refractivity contribution in [3.05, 3.63) is 52.8 Å². The molecule has 1 aromatic carbocycles. The topological polar surface area (TPSA) is 83.4 Å². The highest BCUT2D eigenvalue weighted by Gasteiger charge is 2.66. The lowest BCUT2D eigenvalue weighted by molar-refractivity contribution is -0.139. The number of carbonyl (C=O) groups excluding carboxylic acids is 1. The molecule has 2 aliphatic rings. The molecular formula is C22H26ClN3O3. The SMILES string of the molecule is Cn1cccc1C1C(C(=O)O)NC(CC(C)(C)C)C12C(=O)Nc1cc(Cl)ccc12. The standard InChI is InChI=1S/C22H26ClN3O3/c1-21(2,3)11-16-22(13-8-7-12(23)10-14(13)24-20(22)29)17(18(25-16)19(27)28)15-6-5-9-26(15)4/h5-10,16-18,25H,11H2,1-4H3,(H,24,29)(H,27,28). The maximum atomic E-state index is 13.7. The Morgan fingerprint density at radius 1 is 1.31 bits per heavy atom. The van der Waals surface area contributed by atoms with Crippen molar-refractivity contribution in [2.75, 3.05) is 5.32 Å². The van der Waals surface area contributed by atoms with Crippen molar-refractivity contribution >= 4 is 29.2 Å². The molecule has 1 fully saturated rings. The molecule has 3 heterocycles. The van der Waals surface area contributed by atoms with E-state index in [2.05, 4.69) is 31.4 Å². The maximum Gasteiger partial charge on any atom is 0.321 e. The number of benzene rings is 1. The summed E-state index contributed by atoms with van der Waals surface area (Å²) in [7, 11) is 1.88. The van der Waals surface area contributed by atoms with Gasteiger partial charge in [0.05, 0.1) is 0 Å². The number of carbonyl (C=O) groups is 2. The highest BCUT2D eigenvalue weighted by Crippen LogP contribution is 2.56. The Labute approximate surface area is 175 Å². The van der Waals surface area contributed by atoms with Gasteiger partial charge in [0.15, 0.2) is 0 Å². The van der Waals surface area contributed by atoms with E-state index in [4.69, 9.17) is 11.6 Å². The minimum Gasteiger partial charge on any atom is -0.480 e. The van der Waals surface area contributed by atoms with Gasteiger partial charge in [-0.2, -0.15) is 0 Å². The van der Waals surface area contributed by atoms with Crippen molar-refractivity contribution in [1.29, 1.82) is 0 Å². The molecule has 4 unspecified atom stereocenters. The molecule has 154 valence electrons. The molecule has 6 nitrogen and oxygen atoms in total. The zero-order chi connectivity index (χ0) is 21.1. The molecule has 29 heavy (non-hydrogen) atoms. The lowest BCUT2D eigenvalue weighted by atomic mass is 9.63. The van der Waals surface area contributed by atoms with Crippen molar-refractivity contribution in [3.8, 4) is 0 Å². The Bertz CT molecular complexity index is 993. The third-order valence-corrected chi connectivity index (χ3v) is 6.43. The molecule has 4 atom stereocenters. The summed E-state index contributed by atoms with van der Waals surface area (Å²) >= 11 is 6.18. The van der Waals surface area contributed by atoms with Gasteiger partial charge in [-0.15, -0.1) is 0 Å². The van der Waals surface area contributed by atoms with Gasteiger partial charge >= 0.3 is 5.97 Å². The molecule has 3 N–H and O–H groups in total. The highest BCUT2D eigenvalue weighted by molar-refractivity contribution is 6.31. The first kappa shape index (κ1) is 20.0.